The van der Waals surface area contributed by atoms with Crippen molar-refractivity contribution in [1.82, 2.24) is 16.0 Å². The maximum absolute atomic E-state index is 11.4. The standard InChI is InChI=1S/C11H21N3O2/c1-3-6-12-10(15)13-8-11(9-16-2)5-4-7-14-11/h3,14H,1,4-9H2,2H3,(H2,12,13,15). The van der Waals surface area contributed by atoms with Crippen LogP contribution in [0.3, 0.4) is 0 Å². The third kappa shape index (κ3) is 3.83. The van der Waals surface area contributed by atoms with E-state index in [1.54, 1.807) is 13.2 Å². The molecule has 1 saturated heterocycles. The van der Waals surface area contributed by atoms with Gasteiger partial charge in [-0.1, -0.05) is 6.08 Å². The first-order chi connectivity index (χ1) is 7.72. The summed E-state index contributed by atoms with van der Waals surface area (Å²) in [6.45, 7) is 6.21. The summed E-state index contributed by atoms with van der Waals surface area (Å²) in [4.78, 5) is 11.4. The number of hydrogen-bond acceptors (Lipinski definition) is 3. The maximum atomic E-state index is 11.4. The Kier molecular flexibility index (Phi) is 5.28. The Bertz CT molecular complexity index is 237. The quantitative estimate of drug-likeness (QED) is 0.570. The molecule has 0 aromatic carbocycles. The third-order valence-corrected chi connectivity index (χ3v) is 2.75. The van der Waals surface area contributed by atoms with Crippen molar-refractivity contribution in [3.8, 4) is 0 Å². The topological polar surface area (TPSA) is 62.4 Å². The summed E-state index contributed by atoms with van der Waals surface area (Å²) in [6, 6.07) is -0.163. The second-order valence-electron chi connectivity index (χ2n) is 4.10. The van der Waals surface area contributed by atoms with Gasteiger partial charge < -0.3 is 20.7 Å². The highest BCUT2D eigenvalue weighted by molar-refractivity contribution is 5.74. The molecule has 0 bridgehead atoms. The molecular weight excluding hydrogens is 206 g/mol. The smallest absolute Gasteiger partial charge is 0.315 e. The van der Waals surface area contributed by atoms with Crippen LogP contribution in [0.4, 0.5) is 4.79 Å². The van der Waals surface area contributed by atoms with Crippen molar-refractivity contribution in [3.63, 3.8) is 0 Å². The minimum absolute atomic E-state index is 0.0970. The van der Waals surface area contributed by atoms with Crippen LogP contribution < -0.4 is 16.0 Å². The van der Waals surface area contributed by atoms with Crippen LogP contribution in [0.25, 0.3) is 0 Å². The van der Waals surface area contributed by atoms with E-state index in [9.17, 15) is 4.79 Å². The summed E-state index contributed by atoms with van der Waals surface area (Å²) >= 11 is 0. The van der Waals surface area contributed by atoms with E-state index in [4.69, 9.17) is 4.74 Å². The summed E-state index contributed by atoms with van der Waals surface area (Å²) in [5.41, 5.74) is -0.0970. The number of amides is 2. The van der Waals surface area contributed by atoms with Crippen LogP contribution in [0, 0.1) is 0 Å². The van der Waals surface area contributed by atoms with Crippen LogP contribution in [0.2, 0.25) is 0 Å². The van der Waals surface area contributed by atoms with E-state index in [-0.39, 0.29) is 11.6 Å². The molecule has 1 atom stereocenters. The van der Waals surface area contributed by atoms with Gasteiger partial charge in [0.25, 0.3) is 0 Å². The van der Waals surface area contributed by atoms with Crippen molar-refractivity contribution in [2.24, 2.45) is 0 Å². The van der Waals surface area contributed by atoms with Crippen LogP contribution in [0.15, 0.2) is 12.7 Å². The van der Waals surface area contributed by atoms with Crippen LogP contribution in [0.5, 0.6) is 0 Å². The van der Waals surface area contributed by atoms with Gasteiger partial charge in [0.1, 0.15) is 0 Å². The number of methoxy groups -OCH3 is 1. The molecule has 1 unspecified atom stereocenters. The molecule has 3 N–H and O–H groups in total. The predicted molar refractivity (Wildman–Crippen MR) is 63.4 cm³/mol. The van der Waals surface area contributed by atoms with E-state index in [2.05, 4.69) is 22.5 Å². The first kappa shape index (κ1) is 13.0. The van der Waals surface area contributed by atoms with Gasteiger partial charge in [-0.05, 0) is 19.4 Å². The number of nitrogens with one attached hydrogen (secondary N) is 3. The van der Waals surface area contributed by atoms with Gasteiger partial charge in [0.2, 0.25) is 0 Å². The Morgan fingerprint density at radius 2 is 2.44 bits per heavy atom. The van der Waals surface area contributed by atoms with E-state index >= 15 is 0 Å². The fourth-order valence-corrected chi connectivity index (χ4v) is 1.95. The predicted octanol–water partition coefficient (Wildman–Crippen LogP) is 0.240. The van der Waals surface area contributed by atoms with Crippen molar-refractivity contribution in [1.29, 1.82) is 0 Å². The van der Waals surface area contributed by atoms with Crippen LogP contribution in [-0.2, 0) is 4.74 Å². The zero-order valence-corrected chi connectivity index (χ0v) is 9.84. The first-order valence-corrected chi connectivity index (χ1v) is 5.59. The van der Waals surface area contributed by atoms with E-state index in [1.165, 1.54) is 0 Å². The number of hydrogen-bond donors (Lipinski definition) is 3. The Balaban J connectivity index is 2.32. The molecule has 0 aliphatic carbocycles. The summed E-state index contributed by atoms with van der Waals surface area (Å²) < 4.78 is 5.19. The molecule has 1 rings (SSSR count). The fourth-order valence-electron chi connectivity index (χ4n) is 1.95. The van der Waals surface area contributed by atoms with Gasteiger partial charge in [-0.25, -0.2) is 4.79 Å². The monoisotopic (exact) mass is 227 g/mol. The molecule has 2 amide bonds. The molecule has 1 fully saturated rings. The highest BCUT2D eigenvalue weighted by Crippen LogP contribution is 2.18. The summed E-state index contributed by atoms with van der Waals surface area (Å²) in [5, 5.41) is 8.92. The SMILES string of the molecule is C=CCNC(=O)NCC1(COC)CCCN1. The number of carbonyl (C=O) groups is 1. The number of ether oxygens (including phenoxy) is 1. The number of rotatable bonds is 6. The van der Waals surface area contributed by atoms with Crippen LogP contribution >= 0.6 is 0 Å². The second kappa shape index (κ2) is 6.50. The molecule has 5 nitrogen and oxygen atoms in total. The minimum atomic E-state index is -0.163. The molecule has 16 heavy (non-hydrogen) atoms. The lowest BCUT2D eigenvalue weighted by Gasteiger charge is -2.28. The van der Waals surface area contributed by atoms with Crippen molar-refractivity contribution < 1.29 is 9.53 Å². The van der Waals surface area contributed by atoms with Gasteiger partial charge in [0, 0.05) is 20.2 Å². The van der Waals surface area contributed by atoms with Gasteiger partial charge in [-0.15, -0.1) is 6.58 Å². The third-order valence-electron chi connectivity index (χ3n) is 2.75. The molecule has 0 aromatic heterocycles. The highest BCUT2D eigenvalue weighted by Gasteiger charge is 2.33. The normalized spacial score (nSPS) is 24.1. The van der Waals surface area contributed by atoms with Crippen molar-refractivity contribution in [2.75, 3.05) is 33.4 Å². The molecule has 5 heteroatoms. The average molecular weight is 227 g/mol. The zero-order chi connectivity index (χ0) is 11.9. The molecule has 1 aliphatic rings. The molecule has 1 heterocycles. The summed E-state index contributed by atoms with van der Waals surface area (Å²) in [5.74, 6) is 0. The van der Waals surface area contributed by atoms with Gasteiger partial charge in [0.05, 0.1) is 12.1 Å². The summed E-state index contributed by atoms with van der Waals surface area (Å²) in [7, 11) is 1.68. The Morgan fingerprint density at radius 3 is 3.00 bits per heavy atom. The second-order valence-corrected chi connectivity index (χ2v) is 4.10. The molecule has 0 radical (unpaired) electrons. The molecule has 0 saturated carbocycles. The zero-order valence-electron chi connectivity index (χ0n) is 9.84. The number of urea groups is 1. The Hall–Kier alpha value is -1.07. The van der Waals surface area contributed by atoms with Gasteiger partial charge in [-0.3, -0.25) is 0 Å². The average Bonchev–Trinajstić information content (AvgIpc) is 2.73. The molecule has 0 spiro atoms. The molecule has 92 valence electrons. The summed E-state index contributed by atoms with van der Waals surface area (Å²) in [6.07, 6.45) is 3.81. The van der Waals surface area contributed by atoms with E-state index in [0.717, 1.165) is 19.4 Å². The van der Waals surface area contributed by atoms with Gasteiger partial charge in [-0.2, -0.15) is 0 Å². The van der Waals surface area contributed by atoms with Gasteiger partial charge in [0.15, 0.2) is 0 Å². The van der Waals surface area contributed by atoms with E-state index in [0.29, 0.717) is 19.7 Å². The highest BCUT2D eigenvalue weighted by atomic mass is 16.5. The number of carbonyl (C=O) groups excluding carboxylic acids is 1. The lowest BCUT2D eigenvalue weighted by molar-refractivity contribution is 0.120. The molecule has 1 aliphatic heterocycles. The van der Waals surface area contributed by atoms with Crippen molar-refractivity contribution in [3.05, 3.63) is 12.7 Å². The molecule has 0 aromatic rings. The Morgan fingerprint density at radius 1 is 1.62 bits per heavy atom. The first-order valence-electron chi connectivity index (χ1n) is 5.59. The maximum Gasteiger partial charge on any atom is 0.315 e. The lowest BCUT2D eigenvalue weighted by Crippen LogP contribution is -2.54. The van der Waals surface area contributed by atoms with Crippen LogP contribution in [-0.4, -0.2) is 44.9 Å². The molecular formula is C11H21N3O2. The van der Waals surface area contributed by atoms with E-state index in [1.807, 2.05) is 0 Å². The van der Waals surface area contributed by atoms with Crippen molar-refractivity contribution >= 4 is 6.03 Å². The van der Waals surface area contributed by atoms with Crippen LogP contribution in [0.1, 0.15) is 12.8 Å². The van der Waals surface area contributed by atoms with Gasteiger partial charge >= 0.3 is 6.03 Å². The van der Waals surface area contributed by atoms with E-state index < -0.39 is 0 Å². The largest absolute Gasteiger partial charge is 0.383 e. The lowest BCUT2D eigenvalue weighted by atomic mass is 9.99. The van der Waals surface area contributed by atoms with Crippen molar-refractivity contribution in [2.45, 2.75) is 18.4 Å². The minimum Gasteiger partial charge on any atom is -0.383 e. The fraction of sp³-hybridized carbons (Fsp3) is 0.727. The Labute approximate surface area is 96.6 Å².